The molecular weight excluding hydrogens is 388 g/mol. The fraction of sp³-hybridized carbons (Fsp3) is 0.364. The molecule has 1 aliphatic heterocycles. The number of hydrogen-bond acceptors (Lipinski definition) is 4. The molecule has 6 nitrogen and oxygen atoms in total. The van der Waals surface area contributed by atoms with E-state index in [9.17, 15) is 18.0 Å². The third-order valence-electron chi connectivity index (χ3n) is 4.92. The first kappa shape index (κ1) is 21.0. The second-order valence-corrected chi connectivity index (χ2v) is 9.47. The van der Waals surface area contributed by atoms with E-state index in [-0.39, 0.29) is 41.8 Å². The predicted molar refractivity (Wildman–Crippen MR) is 111 cm³/mol. The third-order valence-corrected chi connectivity index (χ3v) is 6.76. The number of fused-ring (bicyclic) bond motifs is 1. The van der Waals surface area contributed by atoms with Gasteiger partial charge in [-0.3, -0.25) is 9.59 Å². The summed E-state index contributed by atoms with van der Waals surface area (Å²) in [5.74, 6) is -0.268. The Bertz CT molecular complexity index is 987. The molecule has 0 aliphatic carbocycles. The van der Waals surface area contributed by atoms with Crippen molar-refractivity contribution in [1.29, 1.82) is 0 Å². The van der Waals surface area contributed by atoms with E-state index >= 15 is 0 Å². The summed E-state index contributed by atoms with van der Waals surface area (Å²) < 4.78 is 26.0. The average molecular weight is 415 g/mol. The maximum Gasteiger partial charge on any atom is 0.269 e. The van der Waals surface area contributed by atoms with E-state index in [0.717, 1.165) is 16.3 Å². The fourth-order valence-corrected chi connectivity index (χ4v) is 5.14. The highest BCUT2D eigenvalue weighted by atomic mass is 32.2. The monoisotopic (exact) mass is 414 g/mol. The fourth-order valence-electron chi connectivity index (χ4n) is 3.54. The number of carbonyl (C=O) groups is 2. The van der Waals surface area contributed by atoms with Crippen molar-refractivity contribution in [2.45, 2.75) is 44.0 Å². The van der Waals surface area contributed by atoms with Crippen LogP contribution in [0.15, 0.2) is 59.5 Å². The van der Waals surface area contributed by atoms with Gasteiger partial charge in [-0.05, 0) is 36.5 Å². The van der Waals surface area contributed by atoms with Crippen molar-refractivity contribution in [3.05, 3.63) is 65.7 Å². The number of sulfonamides is 1. The molecular formula is C22H26N2O4S. The van der Waals surface area contributed by atoms with Crippen LogP contribution in [0.5, 0.6) is 0 Å². The van der Waals surface area contributed by atoms with Crippen LogP contribution >= 0.6 is 0 Å². The summed E-state index contributed by atoms with van der Waals surface area (Å²) in [5, 5.41) is 3.05. The van der Waals surface area contributed by atoms with Crippen LogP contribution < -0.4 is 5.32 Å². The Labute approximate surface area is 172 Å². The number of nitrogens with zero attached hydrogens (tertiary/aromatic N) is 1. The van der Waals surface area contributed by atoms with Crippen molar-refractivity contribution >= 4 is 21.8 Å². The normalized spacial score (nSPS) is 16.0. The molecule has 1 heterocycles. The van der Waals surface area contributed by atoms with Gasteiger partial charge in [-0.15, -0.1) is 0 Å². The molecule has 0 saturated carbocycles. The Kier molecular flexibility index (Phi) is 6.37. The molecule has 0 fully saturated rings. The lowest BCUT2D eigenvalue weighted by Crippen LogP contribution is -2.33. The molecule has 2 amide bonds. The molecule has 0 spiro atoms. The largest absolute Gasteiger partial charge is 0.349 e. The molecule has 0 unspecified atom stereocenters. The first-order valence-corrected chi connectivity index (χ1v) is 11.2. The lowest BCUT2D eigenvalue weighted by Gasteiger charge is -2.21. The van der Waals surface area contributed by atoms with Gasteiger partial charge in [0.2, 0.25) is 5.91 Å². The van der Waals surface area contributed by atoms with Crippen molar-refractivity contribution < 1.29 is 18.0 Å². The van der Waals surface area contributed by atoms with Gasteiger partial charge in [0.1, 0.15) is 4.90 Å². The second kappa shape index (κ2) is 8.78. The maximum atomic E-state index is 12.6. The summed E-state index contributed by atoms with van der Waals surface area (Å²) in [6, 6.07) is 15.9. The summed E-state index contributed by atoms with van der Waals surface area (Å²) in [6.45, 7) is 4.19. The molecule has 7 heteroatoms. The van der Waals surface area contributed by atoms with Gasteiger partial charge in [0.15, 0.2) is 0 Å². The predicted octanol–water partition coefficient (Wildman–Crippen LogP) is 3.51. The zero-order valence-electron chi connectivity index (χ0n) is 16.7. The van der Waals surface area contributed by atoms with Crippen LogP contribution in [0.4, 0.5) is 0 Å². The molecule has 3 rings (SSSR count). The molecule has 1 aliphatic rings. The SMILES string of the molecule is CC(C)C[C@H](NC(=O)CCCN1C(=O)c2ccccc2S1(=O)=O)c1ccccc1. The summed E-state index contributed by atoms with van der Waals surface area (Å²) in [6.07, 6.45) is 1.23. The molecule has 2 aromatic carbocycles. The van der Waals surface area contributed by atoms with Crippen molar-refractivity contribution in [2.24, 2.45) is 5.92 Å². The van der Waals surface area contributed by atoms with Gasteiger partial charge in [-0.25, -0.2) is 12.7 Å². The molecule has 0 radical (unpaired) electrons. The minimum absolute atomic E-state index is 0.0105. The highest BCUT2D eigenvalue weighted by Crippen LogP contribution is 2.30. The van der Waals surface area contributed by atoms with E-state index < -0.39 is 15.9 Å². The summed E-state index contributed by atoms with van der Waals surface area (Å²) >= 11 is 0. The molecule has 154 valence electrons. The van der Waals surface area contributed by atoms with Gasteiger partial charge in [-0.2, -0.15) is 0 Å². The molecule has 0 bridgehead atoms. The lowest BCUT2D eigenvalue weighted by molar-refractivity contribution is -0.122. The van der Waals surface area contributed by atoms with Gasteiger partial charge in [0.25, 0.3) is 15.9 Å². The summed E-state index contributed by atoms with van der Waals surface area (Å²) in [7, 11) is -3.82. The number of nitrogens with one attached hydrogen (secondary N) is 1. The Morgan fingerprint density at radius 1 is 1.03 bits per heavy atom. The molecule has 29 heavy (non-hydrogen) atoms. The third kappa shape index (κ3) is 4.67. The first-order valence-electron chi connectivity index (χ1n) is 9.81. The van der Waals surface area contributed by atoms with Crippen LogP contribution in [0.25, 0.3) is 0 Å². The van der Waals surface area contributed by atoms with Gasteiger partial charge in [-0.1, -0.05) is 56.3 Å². The van der Waals surface area contributed by atoms with Gasteiger partial charge < -0.3 is 5.32 Å². The van der Waals surface area contributed by atoms with Gasteiger partial charge >= 0.3 is 0 Å². The van der Waals surface area contributed by atoms with E-state index in [1.807, 2.05) is 30.3 Å². The van der Waals surface area contributed by atoms with E-state index in [1.54, 1.807) is 12.1 Å². The zero-order valence-corrected chi connectivity index (χ0v) is 17.5. The Morgan fingerprint density at radius 3 is 2.34 bits per heavy atom. The summed E-state index contributed by atoms with van der Waals surface area (Å²) in [4.78, 5) is 24.9. The number of benzene rings is 2. The molecule has 1 N–H and O–H groups in total. The van der Waals surface area contributed by atoms with Crippen LogP contribution in [0.2, 0.25) is 0 Å². The van der Waals surface area contributed by atoms with E-state index in [4.69, 9.17) is 0 Å². The molecule has 2 aromatic rings. The minimum atomic E-state index is -3.82. The molecule has 0 saturated heterocycles. The van der Waals surface area contributed by atoms with Crippen molar-refractivity contribution in [2.75, 3.05) is 6.54 Å². The number of carbonyl (C=O) groups excluding carboxylic acids is 2. The second-order valence-electron chi connectivity index (χ2n) is 7.64. The van der Waals surface area contributed by atoms with Gasteiger partial charge in [0, 0.05) is 13.0 Å². The van der Waals surface area contributed by atoms with Crippen molar-refractivity contribution in [3.8, 4) is 0 Å². The van der Waals surface area contributed by atoms with Crippen LogP contribution in [0.3, 0.4) is 0 Å². The molecule has 1 atom stereocenters. The standard InChI is InChI=1S/C22H26N2O4S/c1-16(2)15-19(17-9-4-3-5-10-17)23-21(25)13-8-14-24-22(26)18-11-6-7-12-20(18)29(24,27)28/h3-7,9-12,16,19H,8,13-15H2,1-2H3,(H,23,25)/t19-/m0/s1. The van der Waals surface area contributed by atoms with Crippen LogP contribution in [-0.4, -0.2) is 31.1 Å². The number of rotatable bonds is 8. The Morgan fingerprint density at radius 2 is 1.69 bits per heavy atom. The first-order chi connectivity index (χ1) is 13.8. The van der Waals surface area contributed by atoms with E-state index in [2.05, 4.69) is 19.2 Å². The summed E-state index contributed by atoms with van der Waals surface area (Å²) in [5.41, 5.74) is 1.24. The van der Waals surface area contributed by atoms with E-state index in [0.29, 0.717) is 5.92 Å². The maximum absolute atomic E-state index is 12.6. The Hall–Kier alpha value is -2.67. The van der Waals surface area contributed by atoms with Crippen LogP contribution in [0, 0.1) is 5.92 Å². The zero-order chi connectivity index (χ0) is 21.0. The number of amides is 2. The molecule has 0 aromatic heterocycles. The van der Waals surface area contributed by atoms with E-state index in [1.165, 1.54) is 12.1 Å². The lowest BCUT2D eigenvalue weighted by atomic mass is 9.97. The van der Waals surface area contributed by atoms with Crippen molar-refractivity contribution in [3.63, 3.8) is 0 Å². The van der Waals surface area contributed by atoms with Crippen LogP contribution in [0.1, 0.15) is 55.1 Å². The Balaban J connectivity index is 1.59. The van der Waals surface area contributed by atoms with Crippen LogP contribution in [-0.2, 0) is 14.8 Å². The smallest absolute Gasteiger partial charge is 0.269 e. The highest BCUT2D eigenvalue weighted by Gasteiger charge is 2.40. The number of hydrogen-bond donors (Lipinski definition) is 1. The quantitative estimate of drug-likeness (QED) is 0.716. The van der Waals surface area contributed by atoms with Crippen molar-refractivity contribution in [1.82, 2.24) is 9.62 Å². The topological polar surface area (TPSA) is 83.6 Å². The van der Waals surface area contributed by atoms with Gasteiger partial charge in [0.05, 0.1) is 11.6 Å². The average Bonchev–Trinajstić information content (AvgIpc) is 2.89. The minimum Gasteiger partial charge on any atom is -0.349 e. The highest BCUT2D eigenvalue weighted by molar-refractivity contribution is 7.90.